The van der Waals surface area contributed by atoms with Gasteiger partial charge in [0.2, 0.25) is 0 Å². The molecule has 0 bridgehead atoms. The molecule has 82 valence electrons. The molecule has 1 aromatic heterocycles. The molecule has 2 nitrogen and oxygen atoms in total. The van der Waals surface area contributed by atoms with Gasteiger partial charge in [-0.25, -0.2) is 0 Å². The maximum Gasteiger partial charge on any atom is 0.138 e. The Bertz CT molecular complexity index is 319. The van der Waals surface area contributed by atoms with Crippen molar-refractivity contribution in [2.24, 2.45) is 5.92 Å². The second kappa shape index (κ2) is 6.01. The van der Waals surface area contributed by atoms with E-state index < -0.39 is 0 Å². The van der Waals surface area contributed by atoms with E-state index >= 15 is 0 Å². The van der Waals surface area contributed by atoms with Crippen LogP contribution < -0.4 is 0 Å². The summed E-state index contributed by atoms with van der Waals surface area (Å²) in [5.41, 5.74) is 0.854. The zero-order valence-corrected chi connectivity index (χ0v) is 10.8. The predicted molar refractivity (Wildman–Crippen MR) is 64.7 cm³/mol. The van der Waals surface area contributed by atoms with Gasteiger partial charge in [-0.3, -0.25) is 9.78 Å². The molecule has 15 heavy (non-hydrogen) atoms. The third-order valence-electron chi connectivity index (χ3n) is 2.17. The van der Waals surface area contributed by atoms with Gasteiger partial charge < -0.3 is 0 Å². The van der Waals surface area contributed by atoms with Crippen LogP contribution in [0, 0.1) is 5.92 Å². The van der Waals surface area contributed by atoms with Crippen molar-refractivity contribution in [2.75, 3.05) is 0 Å². The minimum atomic E-state index is 0.276. The fourth-order valence-electron chi connectivity index (χ4n) is 1.25. The van der Waals surface area contributed by atoms with Crippen molar-refractivity contribution in [3.05, 3.63) is 28.5 Å². The van der Waals surface area contributed by atoms with Crippen LogP contribution in [0.25, 0.3) is 0 Å². The van der Waals surface area contributed by atoms with E-state index in [4.69, 9.17) is 0 Å². The van der Waals surface area contributed by atoms with E-state index in [0.29, 0.717) is 18.8 Å². The molecule has 0 amide bonds. The average molecular weight is 270 g/mol. The summed E-state index contributed by atoms with van der Waals surface area (Å²) in [5.74, 6) is 0.866. The average Bonchev–Trinajstić information content (AvgIpc) is 2.19. The zero-order chi connectivity index (χ0) is 11.3. The molecule has 0 aromatic carbocycles. The fourth-order valence-corrected chi connectivity index (χ4v) is 1.49. The lowest BCUT2D eigenvalue weighted by Crippen LogP contribution is -2.05. The van der Waals surface area contributed by atoms with Crippen molar-refractivity contribution in [1.82, 2.24) is 4.98 Å². The molecule has 1 heterocycles. The summed E-state index contributed by atoms with van der Waals surface area (Å²) in [6.45, 7) is 4.26. The van der Waals surface area contributed by atoms with Gasteiger partial charge in [0.25, 0.3) is 0 Å². The van der Waals surface area contributed by atoms with Gasteiger partial charge in [0, 0.05) is 29.2 Å². The number of pyridine rings is 1. The van der Waals surface area contributed by atoms with E-state index in [0.717, 1.165) is 16.6 Å². The quantitative estimate of drug-likeness (QED) is 0.820. The van der Waals surface area contributed by atoms with Gasteiger partial charge >= 0.3 is 0 Å². The first-order valence-electron chi connectivity index (χ1n) is 5.20. The third kappa shape index (κ3) is 5.07. The van der Waals surface area contributed by atoms with Crippen molar-refractivity contribution in [1.29, 1.82) is 0 Å². The summed E-state index contributed by atoms with van der Waals surface area (Å²) < 4.78 is 0.945. The summed E-state index contributed by atoms with van der Waals surface area (Å²) in [5, 5.41) is 0. The highest BCUT2D eigenvalue weighted by atomic mass is 79.9. The van der Waals surface area contributed by atoms with Crippen molar-refractivity contribution in [2.45, 2.75) is 33.1 Å². The Labute approximate surface area is 99.2 Å². The second-order valence-corrected chi connectivity index (χ2v) is 5.03. The highest BCUT2D eigenvalue weighted by Crippen LogP contribution is 2.10. The van der Waals surface area contributed by atoms with Crippen LogP contribution in [0.15, 0.2) is 22.8 Å². The lowest BCUT2D eigenvalue weighted by molar-refractivity contribution is -0.118. The summed E-state index contributed by atoms with van der Waals surface area (Å²) in [7, 11) is 0. The molecule has 0 fully saturated rings. The molecule has 0 saturated heterocycles. The molecule has 0 unspecified atom stereocenters. The Balaban J connectivity index is 2.41. The smallest absolute Gasteiger partial charge is 0.138 e. The van der Waals surface area contributed by atoms with Gasteiger partial charge in [-0.1, -0.05) is 13.8 Å². The number of halogens is 1. The van der Waals surface area contributed by atoms with Gasteiger partial charge in [0.05, 0.1) is 0 Å². The van der Waals surface area contributed by atoms with Gasteiger partial charge in [-0.2, -0.15) is 0 Å². The van der Waals surface area contributed by atoms with Gasteiger partial charge in [-0.15, -0.1) is 0 Å². The first-order chi connectivity index (χ1) is 7.08. The Morgan fingerprint density at radius 3 is 2.73 bits per heavy atom. The number of carbonyl (C=O) groups excluding carboxylic acids is 1. The minimum Gasteiger partial charge on any atom is -0.299 e. The van der Waals surface area contributed by atoms with Crippen LogP contribution >= 0.6 is 15.9 Å². The standard InChI is InChI=1S/C12H16BrNO/c1-9(2)3-6-12(15)7-11-5-4-10(13)8-14-11/h4-5,8-9H,3,6-7H2,1-2H3. The number of aromatic nitrogens is 1. The minimum absolute atomic E-state index is 0.276. The SMILES string of the molecule is CC(C)CCC(=O)Cc1ccc(Br)cn1. The summed E-state index contributed by atoms with van der Waals surface area (Å²) in [6, 6.07) is 3.80. The molecule has 0 aliphatic heterocycles. The van der Waals surface area contributed by atoms with Crippen LogP contribution in [-0.2, 0) is 11.2 Å². The van der Waals surface area contributed by atoms with E-state index in [2.05, 4.69) is 34.8 Å². The van der Waals surface area contributed by atoms with Crippen LogP contribution in [0.1, 0.15) is 32.4 Å². The number of nitrogens with zero attached hydrogens (tertiary/aromatic N) is 1. The molecule has 0 spiro atoms. The Kier molecular flexibility index (Phi) is 4.95. The number of hydrogen-bond donors (Lipinski definition) is 0. The molecule has 0 saturated carbocycles. The van der Waals surface area contributed by atoms with Gasteiger partial charge in [-0.05, 0) is 40.4 Å². The zero-order valence-electron chi connectivity index (χ0n) is 9.16. The normalized spacial score (nSPS) is 10.7. The summed E-state index contributed by atoms with van der Waals surface area (Å²) in [6.07, 6.45) is 3.82. The Morgan fingerprint density at radius 2 is 2.20 bits per heavy atom. The van der Waals surface area contributed by atoms with Crippen molar-refractivity contribution >= 4 is 21.7 Å². The molecule has 0 radical (unpaired) electrons. The van der Waals surface area contributed by atoms with Crippen LogP contribution in [0.3, 0.4) is 0 Å². The third-order valence-corrected chi connectivity index (χ3v) is 2.64. The molecular formula is C12H16BrNO. The fraction of sp³-hybridized carbons (Fsp3) is 0.500. The highest BCUT2D eigenvalue weighted by molar-refractivity contribution is 9.10. The largest absolute Gasteiger partial charge is 0.299 e. The first kappa shape index (κ1) is 12.4. The molecule has 0 N–H and O–H groups in total. The Hall–Kier alpha value is -0.700. The number of ketones is 1. The lowest BCUT2D eigenvalue weighted by atomic mass is 10.0. The Morgan fingerprint density at radius 1 is 1.47 bits per heavy atom. The van der Waals surface area contributed by atoms with Crippen LogP contribution in [0.2, 0.25) is 0 Å². The van der Waals surface area contributed by atoms with Gasteiger partial charge in [0.15, 0.2) is 0 Å². The number of carbonyl (C=O) groups is 1. The van der Waals surface area contributed by atoms with Crippen LogP contribution in [-0.4, -0.2) is 10.8 Å². The molecular weight excluding hydrogens is 254 g/mol. The van der Waals surface area contributed by atoms with E-state index in [1.54, 1.807) is 6.20 Å². The van der Waals surface area contributed by atoms with E-state index in [1.165, 1.54) is 0 Å². The number of hydrogen-bond acceptors (Lipinski definition) is 2. The van der Waals surface area contributed by atoms with Crippen molar-refractivity contribution < 1.29 is 4.79 Å². The maximum atomic E-state index is 11.6. The van der Waals surface area contributed by atoms with E-state index in [1.807, 2.05) is 12.1 Å². The number of rotatable bonds is 5. The predicted octanol–water partition coefficient (Wildman–Crippen LogP) is 3.39. The molecule has 0 aliphatic carbocycles. The van der Waals surface area contributed by atoms with E-state index in [-0.39, 0.29) is 5.78 Å². The lowest BCUT2D eigenvalue weighted by Gasteiger charge is -2.03. The summed E-state index contributed by atoms with van der Waals surface area (Å²) in [4.78, 5) is 15.7. The molecule has 1 rings (SSSR count). The summed E-state index contributed by atoms with van der Waals surface area (Å²) >= 11 is 3.31. The van der Waals surface area contributed by atoms with Crippen molar-refractivity contribution in [3.8, 4) is 0 Å². The molecule has 1 aromatic rings. The number of Topliss-reactive ketones (excluding diaryl/α,β-unsaturated/α-hetero) is 1. The maximum absolute atomic E-state index is 11.6. The molecule has 3 heteroatoms. The highest BCUT2D eigenvalue weighted by Gasteiger charge is 2.05. The monoisotopic (exact) mass is 269 g/mol. The van der Waals surface area contributed by atoms with E-state index in [9.17, 15) is 4.79 Å². The van der Waals surface area contributed by atoms with Gasteiger partial charge in [0.1, 0.15) is 5.78 Å². The van der Waals surface area contributed by atoms with Crippen LogP contribution in [0.4, 0.5) is 0 Å². The second-order valence-electron chi connectivity index (χ2n) is 4.12. The van der Waals surface area contributed by atoms with Crippen molar-refractivity contribution in [3.63, 3.8) is 0 Å². The topological polar surface area (TPSA) is 30.0 Å². The molecule has 0 aliphatic rings. The van der Waals surface area contributed by atoms with Crippen LogP contribution in [0.5, 0.6) is 0 Å². The molecule has 0 atom stereocenters. The first-order valence-corrected chi connectivity index (χ1v) is 5.99.